The van der Waals surface area contributed by atoms with Gasteiger partial charge in [0.25, 0.3) is 0 Å². The minimum absolute atomic E-state index is 0.190. The van der Waals surface area contributed by atoms with Crippen LogP contribution >= 0.6 is 11.6 Å². The van der Waals surface area contributed by atoms with Crippen LogP contribution in [0.15, 0.2) is 28.4 Å². The van der Waals surface area contributed by atoms with E-state index in [-0.39, 0.29) is 6.04 Å². The topological polar surface area (TPSA) is 38.4 Å². The van der Waals surface area contributed by atoms with Gasteiger partial charge >= 0.3 is 0 Å². The third-order valence-electron chi connectivity index (χ3n) is 2.88. The lowest BCUT2D eigenvalue weighted by Gasteiger charge is -2.23. The fourth-order valence-corrected chi connectivity index (χ4v) is 2.12. The van der Waals surface area contributed by atoms with Crippen LogP contribution in [0.1, 0.15) is 39.0 Å². The maximum absolute atomic E-state index is 6.14. The predicted molar refractivity (Wildman–Crippen MR) is 72.1 cm³/mol. The van der Waals surface area contributed by atoms with Crippen molar-refractivity contribution < 1.29 is 0 Å². The van der Waals surface area contributed by atoms with E-state index in [9.17, 15) is 0 Å². The summed E-state index contributed by atoms with van der Waals surface area (Å²) in [5, 5.41) is 0. The van der Waals surface area contributed by atoms with Crippen molar-refractivity contribution in [2.45, 2.75) is 45.1 Å². The molecule has 2 N–H and O–H groups in total. The van der Waals surface area contributed by atoms with E-state index in [0.29, 0.717) is 5.88 Å². The zero-order chi connectivity index (χ0) is 11.8. The first-order chi connectivity index (χ1) is 7.79. The molecule has 0 unspecified atom stereocenters. The van der Waals surface area contributed by atoms with Gasteiger partial charge in [0, 0.05) is 17.8 Å². The molecule has 1 rings (SSSR count). The lowest BCUT2D eigenvalue weighted by atomic mass is 9.90. The van der Waals surface area contributed by atoms with Gasteiger partial charge in [-0.3, -0.25) is 4.99 Å². The fraction of sp³-hybridized carbons (Fsp3) is 0.615. The molecule has 1 aliphatic rings. The van der Waals surface area contributed by atoms with Crippen molar-refractivity contribution in [1.29, 1.82) is 0 Å². The molecule has 0 aliphatic heterocycles. The molecule has 90 valence electrons. The predicted octanol–water partition coefficient (Wildman–Crippen LogP) is 3.42. The number of halogens is 1. The summed E-state index contributed by atoms with van der Waals surface area (Å²) in [6, 6.07) is 0.190. The van der Waals surface area contributed by atoms with E-state index >= 15 is 0 Å². The van der Waals surface area contributed by atoms with Crippen molar-refractivity contribution in [2.24, 2.45) is 10.7 Å². The minimum atomic E-state index is 0.190. The number of hydrogen-bond donors (Lipinski definition) is 1. The van der Waals surface area contributed by atoms with Gasteiger partial charge in [-0.25, -0.2) is 0 Å². The van der Waals surface area contributed by atoms with Gasteiger partial charge in [0.15, 0.2) is 0 Å². The molecular formula is C13H21ClN2. The zero-order valence-electron chi connectivity index (χ0n) is 9.95. The number of allylic oxidation sites excluding steroid dienone is 3. The van der Waals surface area contributed by atoms with E-state index in [1.165, 1.54) is 12.0 Å². The summed E-state index contributed by atoms with van der Waals surface area (Å²) in [5.74, 6) is 0.712. The number of aliphatic imine (C=N–C) groups is 1. The molecule has 1 aliphatic carbocycles. The highest BCUT2D eigenvalue weighted by atomic mass is 35.5. The third-order valence-corrected chi connectivity index (χ3v) is 3.15. The zero-order valence-corrected chi connectivity index (χ0v) is 10.7. The highest BCUT2D eigenvalue weighted by Gasteiger charge is 2.18. The quantitative estimate of drug-likeness (QED) is 0.581. The van der Waals surface area contributed by atoms with Crippen LogP contribution in [0.25, 0.3) is 0 Å². The van der Waals surface area contributed by atoms with Gasteiger partial charge in [-0.05, 0) is 50.7 Å². The van der Waals surface area contributed by atoms with Crippen molar-refractivity contribution in [3.05, 3.63) is 23.4 Å². The van der Waals surface area contributed by atoms with Gasteiger partial charge in [-0.2, -0.15) is 0 Å². The molecule has 0 heterocycles. The molecule has 0 aromatic rings. The second-order valence-corrected chi connectivity index (χ2v) is 4.46. The Hall–Kier alpha value is -0.760. The van der Waals surface area contributed by atoms with Gasteiger partial charge in [0.2, 0.25) is 0 Å². The summed E-state index contributed by atoms with van der Waals surface area (Å²) in [5.41, 5.74) is 8.50. The fourth-order valence-electron chi connectivity index (χ4n) is 1.99. The number of nitrogens with zero attached hydrogens (tertiary/aromatic N) is 1. The van der Waals surface area contributed by atoms with E-state index in [2.05, 4.69) is 4.99 Å². The molecule has 3 heteroatoms. The molecule has 0 saturated heterocycles. The van der Waals surface area contributed by atoms with Crippen molar-refractivity contribution in [1.82, 2.24) is 0 Å². The van der Waals surface area contributed by atoms with E-state index in [1.54, 1.807) is 0 Å². The van der Waals surface area contributed by atoms with Crippen LogP contribution in [0.4, 0.5) is 0 Å². The van der Waals surface area contributed by atoms with Crippen LogP contribution in [0.2, 0.25) is 0 Å². The van der Waals surface area contributed by atoms with Gasteiger partial charge in [-0.1, -0.05) is 6.08 Å². The first-order valence-electron chi connectivity index (χ1n) is 5.97. The molecular weight excluding hydrogens is 220 g/mol. The van der Waals surface area contributed by atoms with Crippen LogP contribution in [0.5, 0.6) is 0 Å². The maximum atomic E-state index is 6.14. The molecule has 0 amide bonds. The average molecular weight is 241 g/mol. The Morgan fingerprint density at radius 3 is 3.06 bits per heavy atom. The van der Waals surface area contributed by atoms with Crippen LogP contribution in [-0.4, -0.2) is 18.1 Å². The van der Waals surface area contributed by atoms with Crippen LogP contribution in [0, 0.1) is 0 Å². The molecule has 16 heavy (non-hydrogen) atoms. The summed E-state index contributed by atoms with van der Waals surface area (Å²) < 4.78 is 0. The van der Waals surface area contributed by atoms with Crippen LogP contribution in [0.3, 0.4) is 0 Å². The van der Waals surface area contributed by atoms with Gasteiger partial charge in [0.05, 0.1) is 6.04 Å². The summed E-state index contributed by atoms with van der Waals surface area (Å²) in [6.45, 7) is 1.98. The second kappa shape index (κ2) is 7.50. The molecule has 0 saturated carbocycles. The van der Waals surface area contributed by atoms with Gasteiger partial charge < -0.3 is 5.73 Å². The first-order valence-corrected chi connectivity index (χ1v) is 6.50. The first kappa shape index (κ1) is 13.3. The normalized spacial score (nSPS) is 22.5. The van der Waals surface area contributed by atoms with Crippen molar-refractivity contribution in [2.75, 3.05) is 5.88 Å². The van der Waals surface area contributed by atoms with Gasteiger partial charge in [-0.15, -0.1) is 11.6 Å². The summed E-state index contributed by atoms with van der Waals surface area (Å²) in [4.78, 5) is 4.48. The van der Waals surface area contributed by atoms with Crippen molar-refractivity contribution in [3.8, 4) is 0 Å². The largest absolute Gasteiger partial charge is 0.400 e. The van der Waals surface area contributed by atoms with E-state index in [0.717, 1.165) is 31.4 Å². The Labute approximate surface area is 103 Å². The number of hydrogen-bond acceptors (Lipinski definition) is 2. The van der Waals surface area contributed by atoms with Gasteiger partial charge in [0.1, 0.15) is 0 Å². The summed E-state index contributed by atoms with van der Waals surface area (Å²) in [7, 11) is 0. The lowest BCUT2D eigenvalue weighted by Crippen LogP contribution is -2.22. The standard InChI is InChI=1S/C13H21ClN2/c1-2-3-10-16-12-8-4-6-11(13(12)15)7-5-9-14/h2-3,10,12H,4-9,15H2,1H3/b3-2-,16-10?/t12-/m1/s1. The summed E-state index contributed by atoms with van der Waals surface area (Å²) >= 11 is 5.71. The molecule has 0 fully saturated rings. The number of nitrogens with two attached hydrogens (primary N) is 1. The second-order valence-electron chi connectivity index (χ2n) is 4.08. The van der Waals surface area contributed by atoms with E-state index < -0.39 is 0 Å². The Morgan fingerprint density at radius 1 is 1.56 bits per heavy atom. The highest BCUT2D eigenvalue weighted by molar-refractivity contribution is 6.17. The minimum Gasteiger partial charge on any atom is -0.400 e. The van der Waals surface area contributed by atoms with Crippen molar-refractivity contribution >= 4 is 17.8 Å². The molecule has 0 radical (unpaired) electrons. The SMILES string of the molecule is C/C=C\C=N[C@@H]1CCCC(CCCCl)=C1N. The molecule has 0 aromatic carbocycles. The smallest absolute Gasteiger partial charge is 0.0891 e. The molecule has 1 atom stereocenters. The molecule has 0 bridgehead atoms. The molecule has 0 spiro atoms. The lowest BCUT2D eigenvalue weighted by molar-refractivity contribution is 0.575. The maximum Gasteiger partial charge on any atom is 0.0891 e. The van der Waals surface area contributed by atoms with Crippen molar-refractivity contribution in [3.63, 3.8) is 0 Å². The Bertz CT molecular complexity index is 292. The highest BCUT2D eigenvalue weighted by Crippen LogP contribution is 2.27. The molecule has 0 aromatic heterocycles. The Morgan fingerprint density at radius 2 is 2.38 bits per heavy atom. The summed E-state index contributed by atoms with van der Waals surface area (Å²) in [6.07, 6.45) is 11.2. The molecule has 2 nitrogen and oxygen atoms in total. The third kappa shape index (κ3) is 4.01. The van der Waals surface area contributed by atoms with E-state index in [4.69, 9.17) is 17.3 Å². The van der Waals surface area contributed by atoms with E-state index in [1.807, 2.05) is 25.3 Å². The monoisotopic (exact) mass is 240 g/mol. The number of alkyl halides is 1. The average Bonchev–Trinajstić information content (AvgIpc) is 2.30. The van der Waals surface area contributed by atoms with Crippen LogP contribution < -0.4 is 5.73 Å². The van der Waals surface area contributed by atoms with Crippen LogP contribution in [-0.2, 0) is 0 Å². The Kier molecular flexibility index (Phi) is 6.24. The Balaban J connectivity index is 2.64. The number of rotatable bonds is 5.